The molecule has 3 nitrogen and oxygen atoms in total. The van der Waals surface area contributed by atoms with E-state index >= 15 is 0 Å². The summed E-state index contributed by atoms with van der Waals surface area (Å²) in [5.74, 6) is 0. The van der Waals surface area contributed by atoms with Crippen molar-refractivity contribution in [1.82, 2.24) is 4.57 Å². The number of benzene rings is 8. The molecule has 0 bridgehead atoms. The Hall–Kier alpha value is -6.71. The number of nitriles is 1. The summed E-state index contributed by atoms with van der Waals surface area (Å²) in [4.78, 5) is 2.70. The van der Waals surface area contributed by atoms with Gasteiger partial charge in [-0.3, -0.25) is 0 Å². The van der Waals surface area contributed by atoms with Gasteiger partial charge in [0, 0.05) is 53.4 Å². The lowest BCUT2D eigenvalue weighted by atomic mass is 9.61. The van der Waals surface area contributed by atoms with Crippen molar-refractivity contribution in [1.29, 1.82) is 5.26 Å². The normalized spacial score (nSPS) is 18.6. The second-order valence-electron chi connectivity index (χ2n) is 17.9. The monoisotopic (exact) mass is 831 g/mol. The summed E-state index contributed by atoms with van der Waals surface area (Å²) < 4.78 is 4.93. The van der Waals surface area contributed by atoms with Crippen molar-refractivity contribution in [3.63, 3.8) is 0 Å². The number of hydrogen-bond acceptors (Lipinski definition) is 3. The van der Waals surface area contributed by atoms with Crippen LogP contribution >= 0.6 is 11.3 Å². The van der Waals surface area contributed by atoms with Crippen molar-refractivity contribution < 1.29 is 0 Å². The maximum Gasteiger partial charge on any atom is 0.179 e. The number of nitrogens with zero attached hydrogens (tertiary/aromatic N) is 3. The molecule has 62 heavy (non-hydrogen) atoms. The van der Waals surface area contributed by atoms with Crippen LogP contribution in [0.4, 0.5) is 11.4 Å². The highest BCUT2D eigenvalue weighted by molar-refractivity contribution is 7.26. The molecular formula is C57H45N3SSi. The van der Waals surface area contributed by atoms with E-state index in [1.165, 1.54) is 94.2 Å². The van der Waals surface area contributed by atoms with Crippen LogP contribution in [-0.2, 0) is 5.41 Å². The fourth-order valence-electron chi connectivity index (χ4n) is 11.9. The van der Waals surface area contributed by atoms with Crippen molar-refractivity contribution in [2.24, 2.45) is 0 Å². The SMILES string of the molecule is CC12CCCCC1(C)N(c1ccc3c(c1)c1c4sc5cc(C#N)ccc5c4ccc1n3-c1cccc([Si](c3ccccc3)(c3ccccc3)c3ccccc3)c1)c1ccccc12. The van der Waals surface area contributed by atoms with Gasteiger partial charge in [-0.2, -0.15) is 5.26 Å². The van der Waals surface area contributed by atoms with Crippen molar-refractivity contribution in [3.8, 4) is 11.8 Å². The number of rotatable bonds is 6. The Morgan fingerprint density at radius 1 is 0.548 bits per heavy atom. The molecule has 1 aliphatic carbocycles. The molecule has 8 aromatic carbocycles. The van der Waals surface area contributed by atoms with Crippen LogP contribution in [0.25, 0.3) is 47.7 Å². The minimum Gasteiger partial charge on any atom is -0.334 e. The molecule has 12 rings (SSSR count). The predicted molar refractivity (Wildman–Crippen MR) is 265 cm³/mol. The average molecular weight is 832 g/mol. The van der Waals surface area contributed by atoms with Crippen LogP contribution in [0.3, 0.4) is 0 Å². The summed E-state index contributed by atoms with van der Waals surface area (Å²) in [6, 6.07) is 72.7. The maximum atomic E-state index is 9.89. The van der Waals surface area contributed by atoms with Crippen LogP contribution < -0.4 is 25.6 Å². The Bertz CT molecular complexity index is 3320. The minimum absolute atomic E-state index is 0.0454. The van der Waals surface area contributed by atoms with Gasteiger partial charge in [0.2, 0.25) is 0 Å². The highest BCUT2D eigenvalue weighted by atomic mass is 32.1. The topological polar surface area (TPSA) is 32.0 Å². The molecule has 2 aliphatic rings. The van der Waals surface area contributed by atoms with Crippen LogP contribution in [0.1, 0.15) is 50.7 Å². The number of aromatic nitrogens is 1. The van der Waals surface area contributed by atoms with E-state index in [2.05, 4.69) is 211 Å². The summed E-state index contributed by atoms with van der Waals surface area (Å²) in [5, 5.41) is 20.3. The minimum atomic E-state index is -2.79. The Balaban J connectivity index is 1.15. The summed E-state index contributed by atoms with van der Waals surface area (Å²) in [5.41, 5.74) is 8.32. The molecule has 0 spiro atoms. The summed E-state index contributed by atoms with van der Waals surface area (Å²) >= 11 is 1.82. The molecule has 0 radical (unpaired) electrons. The van der Waals surface area contributed by atoms with Gasteiger partial charge in [-0.15, -0.1) is 11.3 Å². The highest BCUT2D eigenvalue weighted by Gasteiger charge is 2.57. The fraction of sp³-hybridized carbons (Fsp3) is 0.140. The van der Waals surface area contributed by atoms with Gasteiger partial charge in [-0.05, 0) is 101 Å². The van der Waals surface area contributed by atoms with E-state index in [0.717, 1.165) is 16.8 Å². The summed E-state index contributed by atoms with van der Waals surface area (Å²) in [6.07, 6.45) is 4.85. The Morgan fingerprint density at radius 2 is 1.18 bits per heavy atom. The molecule has 10 aromatic rings. The van der Waals surface area contributed by atoms with Crippen LogP contribution in [0, 0.1) is 11.3 Å². The van der Waals surface area contributed by atoms with Crippen LogP contribution in [0.2, 0.25) is 0 Å². The Morgan fingerprint density at radius 3 is 1.89 bits per heavy atom. The van der Waals surface area contributed by atoms with Gasteiger partial charge >= 0.3 is 0 Å². The van der Waals surface area contributed by atoms with E-state index in [-0.39, 0.29) is 11.0 Å². The Kier molecular flexibility index (Phi) is 8.32. The van der Waals surface area contributed by atoms with Crippen LogP contribution in [0.15, 0.2) is 188 Å². The van der Waals surface area contributed by atoms with Crippen molar-refractivity contribution in [3.05, 3.63) is 199 Å². The maximum absolute atomic E-state index is 9.89. The van der Waals surface area contributed by atoms with Crippen LogP contribution in [0.5, 0.6) is 0 Å². The smallest absolute Gasteiger partial charge is 0.179 e. The van der Waals surface area contributed by atoms with E-state index in [1.54, 1.807) is 0 Å². The lowest BCUT2D eigenvalue weighted by molar-refractivity contribution is 0.195. The molecule has 2 aromatic heterocycles. The molecule has 1 aliphatic heterocycles. The third-order valence-corrected chi connectivity index (χ3v) is 20.9. The molecule has 298 valence electrons. The molecular weight excluding hydrogens is 787 g/mol. The molecule has 1 saturated carbocycles. The molecule has 3 heterocycles. The first-order valence-electron chi connectivity index (χ1n) is 21.9. The zero-order valence-electron chi connectivity index (χ0n) is 35.0. The van der Waals surface area contributed by atoms with E-state index < -0.39 is 8.07 Å². The molecule has 0 N–H and O–H groups in total. The Labute approximate surface area is 367 Å². The first kappa shape index (κ1) is 37.1. The molecule has 5 heteroatoms. The fourth-order valence-corrected chi connectivity index (χ4v) is 17.9. The zero-order valence-corrected chi connectivity index (χ0v) is 36.8. The lowest BCUT2D eigenvalue weighted by Crippen LogP contribution is -2.74. The second-order valence-corrected chi connectivity index (χ2v) is 22.7. The number of hydrogen-bond donors (Lipinski definition) is 0. The van der Waals surface area contributed by atoms with Gasteiger partial charge in [0.05, 0.1) is 28.2 Å². The molecule has 2 atom stereocenters. The number of para-hydroxylation sites is 1. The van der Waals surface area contributed by atoms with Gasteiger partial charge in [0.1, 0.15) is 0 Å². The molecule has 1 fully saturated rings. The number of thiophene rings is 1. The van der Waals surface area contributed by atoms with E-state index in [4.69, 9.17) is 0 Å². The van der Waals surface area contributed by atoms with Crippen molar-refractivity contribution in [2.75, 3.05) is 4.90 Å². The summed E-state index contributed by atoms with van der Waals surface area (Å²) in [6.45, 7) is 5.03. The van der Waals surface area contributed by atoms with Crippen molar-refractivity contribution >= 4 is 93.5 Å². The third-order valence-electron chi connectivity index (χ3n) is 14.9. The van der Waals surface area contributed by atoms with Gasteiger partial charge in [0.25, 0.3) is 0 Å². The first-order chi connectivity index (χ1) is 30.4. The standard InChI is InChI=1S/C57H45N3SSi/c1-56-33-14-15-34-57(56,2)60(51-26-13-12-25-49(51)56)41-28-31-50-48(37-41)54-52(32-30-47-46-29-27-39(38-58)35-53(46)61-55(47)54)59(50)40-17-16-24-45(36-40)62(42-18-6-3-7-19-42,43-20-8-4-9-21-43)44-22-10-5-11-23-44/h3-13,16-32,35-37H,14-15,33-34H2,1-2H3. The van der Waals surface area contributed by atoms with Gasteiger partial charge < -0.3 is 9.47 Å². The highest BCUT2D eigenvalue weighted by Crippen LogP contribution is 2.61. The van der Waals surface area contributed by atoms with E-state index in [0.29, 0.717) is 5.56 Å². The number of anilines is 2. The predicted octanol–water partition coefficient (Wildman–Crippen LogP) is 12.1. The first-order valence-corrected chi connectivity index (χ1v) is 24.8. The van der Waals surface area contributed by atoms with Gasteiger partial charge in [-0.25, -0.2) is 0 Å². The van der Waals surface area contributed by atoms with Gasteiger partial charge in [-0.1, -0.05) is 153 Å². The van der Waals surface area contributed by atoms with E-state index in [1.807, 2.05) is 17.4 Å². The zero-order chi connectivity index (χ0) is 41.6. The van der Waals surface area contributed by atoms with Crippen molar-refractivity contribution in [2.45, 2.75) is 50.5 Å². The van der Waals surface area contributed by atoms with Crippen LogP contribution in [-0.4, -0.2) is 18.2 Å². The van der Waals surface area contributed by atoms with E-state index in [9.17, 15) is 5.26 Å². The third kappa shape index (κ3) is 5.08. The van der Waals surface area contributed by atoms with Gasteiger partial charge in [0.15, 0.2) is 8.07 Å². The number of fused-ring (bicyclic) bond motifs is 10. The quantitative estimate of drug-likeness (QED) is 0.123. The molecule has 0 amide bonds. The molecule has 2 unspecified atom stereocenters. The lowest BCUT2D eigenvalue weighted by Gasteiger charge is -2.50. The average Bonchev–Trinajstić information content (AvgIpc) is 3.93. The second kappa shape index (κ2) is 13.9. The molecule has 0 saturated heterocycles. The summed E-state index contributed by atoms with van der Waals surface area (Å²) in [7, 11) is -2.79. The largest absolute Gasteiger partial charge is 0.334 e.